The van der Waals surface area contributed by atoms with Gasteiger partial charge in [-0.1, -0.05) is 0 Å². The number of ether oxygens (including phenoxy) is 2. The van der Waals surface area contributed by atoms with Crippen LogP contribution >= 0.6 is 47.0 Å². The Morgan fingerprint density at radius 1 is 0.600 bits per heavy atom. The first-order valence-corrected chi connectivity index (χ1v) is 17.2. The Balaban J connectivity index is 1.21. The van der Waals surface area contributed by atoms with Crippen molar-refractivity contribution < 1.29 is 19.1 Å². The molecule has 0 N–H and O–H groups in total. The van der Waals surface area contributed by atoms with Crippen molar-refractivity contribution in [1.82, 2.24) is 0 Å². The standard InChI is InChI=1S/C27H44O4S4/c1-23(2,3)21(28)30-19-7-11-26(12-8-19)32-15-25(16-33-26)17-34-27(35-18-25)13-9-20(10-14-27)31-22(29)24(4,5)6/h19-20H,7-18H2,1-6H3. The molecule has 200 valence electrons. The molecule has 2 aliphatic carbocycles. The lowest BCUT2D eigenvalue weighted by atomic mass is 9.94. The molecule has 0 unspecified atom stereocenters. The molecule has 2 saturated carbocycles. The van der Waals surface area contributed by atoms with Crippen LogP contribution in [0.2, 0.25) is 0 Å². The van der Waals surface area contributed by atoms with Gasteiger partial charge in [-0.3, -0.25) is 9.59 Å². The molecule has 2 heterocycles. The van der Waals surface area contributed by atoms with Crippen LogP contribution in [0.1, 0.15) is 92.9 Å². The smallest absolute Gasteiger partial charge is 0.311 e. The Morgan fingerprint density at radius 2 is 0.886 bits per heavy atom. The van der Waals surface area contributed by atoms with E-state index in [0.29, 0.717) is 13.6 Å². The molecule has 4 fully saturated rings. The molecule has 0 aromatic rings. The van der Waals surface area contributed by atoms with Crippen molar-refractivity contribution in [3.8, 4) is 0 Å². The molecule has 2 saturated heterocycles. The van der Waals surface area contributed by atoms with Crippen LogP contribution in [0.5, 0.6) is 0 Å². The summed E-state index contributed by atoms with van der Waals surface area (Å²) in [5, 5.41) is 0. The van der Waals surface area contributed by atoms with Crippen molar-refractivity contribution in [2.75, 3.05) is 23.0 Å². The molecule has 4 rings (SSSR count). The fraction of sp³-hybridized carbons (Fsp3) is 0.926. The summed E-state index contributed by atoms with van der Waals surface area (Å²) >= 11 is 8.80. The zero-order valence-corrected chi connectivity index (χ0v) is 25.7. The van der Waals surface area contributed by atoms with Gasteiger partial charge in [0.15, 0.2) is 0 Å². The number of esters is 2. The number of hydrogen-bond donors (Lipinski definition) is 0. The molecule has 4 aliphatic rings. The van der Waals surface area contributed by atoms with Gasteiger partial charge in [0, 0.05) is 28.4 Å². The SMILES string of the molecule is CC(C)(C)C(=O)OC1CCC2(CC1)SCC1(CS2)CSC2(CCC(OC(=O)C(C)(C)C)CC2)SC1. The Kier molecular flexibility index (Phi) is 8.49. The van der Waals surface area contributed by atoms with Crippen LogP contribution in [-0.2, 0) is 19.1 Å². The van der Waals surface area contributed by atoms with Crippen molar-refractivity contribution in [1.29, 1.82) is 0 Å². The van der Waals surface area contributed by atoms with Gasteiger partial charge in [-0.25, -0.2) is 0 Å². The molecule has 0 bridgehead atoms. The largest absolute Gasteiger partial charge is 0.462 e. The van der Waals surface area contributed by atoms with Crippen LogP contribution < -0.4 is 0 Å². The molecule has 0 radical (unpaired) electrons. The summed E-state index contributed by atoms with van der Waals surface area (Å²) in [6.07, 6.45) is 8.82. The van der Waals surface area contributed by atoms with E-state index in [2.05, 4.69) is 47.0 Å². The number of carbonyl (C=O) groups is 2. The normalized spacial score (nSPS) is 38.5. The topological polar surface area (TPSA) is 52.6 Å². The second-order valence-electron chi connectivity index (χ2n) is 13.2. The second-order valence-corrected chi connectivity index (χ2v) is 19.1. The summed E-state index contributed by atoms with van der Waals surface area (Å²) in [4.78, 5) is 24.6. The fourth-order valence-corrected chi connectivity index (χ4v) is 12.8. The molecule has 4 nitrogen and oxygen atoms in total. The highest BCUT2D eigenvalue weighted by Crippen LogP contribution is 2.62. The average molecular weight is 561 g/mol. The van der Waals surface area contributed by atoms with Crippen LogP contribution in [0.15, 0.2) is 0 Å². The summed E-state index contributed by atoms with van der Waals surface area (Å²) in [7, 11) is 0. The van der Waals surface area contributed by atoms with Gasteiger partial charge in [-0.05, 0) is 92.9 Å². The molecule has 3 spiro atoms. The van der Waals surface area contributed by atoms with Gasteiger partial charge in [-0.15, -0.1) is 47.0 Å². The number of thioether (sulfide) groups is 4. The third kappa shape index (κ3) is 6.86. The monoisotopic (exact) mass is 560 g/mol. The molecule has 0 atom stereocenters. The first kappa shape index (κ1) is 28.4. The Labute approximate surface area is 229 Å². The summed E-state index contributed by atoms with van der Waals surface area (Å²) in [5.41, 5.74) is -0.397. The van der Waals surface area contributed by atoms with Crippen LogP contribution in [0.3, 0.4) is 0 Å². The minimum atomic E-state index is -0.417. The summed E-state index contributed by atoms with van der Waals surface area (Å²) in [5.74, 6) is 4.91. The molecule has 0 aromatic heterocycles. The molecule has 35 heavy (non-hydrogen) atoms. The highest BCUT2D eigenvalue weighted by Gasteiger charge is 2.51. The fourth-order valence-electron chi connectivity index (χ4n) is 5.00. The van der Waals surface area contributed by atoms with E-state index in [1.54, 1.807) is 0 Å². The lowest BCUT2D eigenvalue weighted by Crippen LogP contribution is -2.48. The van der Waals surface area contributed by atoms with Crippen molar-refractivity contribution in [2.24, 2.45) is 16.2 Å². The Bertz CT molecular complexity index is 694. The van der Waals surface area contributed by atoms with E-state index in [1.807, 2.05) is 41.5 Å². The molecular weight excluding hydrogens is 517 g/mol. The number of rotatable bonds is 2. The van der Waals surface area contributed by atoms with Crippen molar-refractivity contribution in [2.45, 2.75) is 113 Å². The van der Waals surface area contributed by atoms with Gasteiger partial charge in [0.2, 0.25) is 0 Å². The number of carbonyl (C=O) groups excluding carboxylic acids is 2. The van der Waals surface area contributed by atoms with Gasteiger partial charge in [0.05, 0.1) is 19.0 Å². The van der Waals surface area contributed by atoms with Gasteiger partial charge >= 0.3 is 11.9 Å². The first-order chi connectivity index (χ1) is 16.2. The maximum Gasteiger partial charge on any atom is 0.311 e. The van der Waals surface area contributed by atoms with E-state index in [-0.39, 0.29) is 24.1 Å². The van der Waals surface area contributed by atoms with Gasteiger partial charge in [0.1, 0.15) is 12.2 Å². The quantitative estimate of drug-likeness (QED) is 0.324. The minimum absolute atomic E-state index is 0.0621. The van der Waals surface area contributed by atoms with E-state index in [4.69, 9.17) is 9.47 Å². The van der Waals surface area contributed by atoms with Gasteiger partial charge in [0.25, 0.3) is 0 Å². The third-order valence-electron chi connectivity index (χ3n) is 7.73. The van der Waals surface area contributed by atoms with Gasteiger partial charge < -0.3 is 9.47 Å². The number of hydrogen-bond acceptors (Lipinski definition) is 8. The molecule has 0 amide bonds. The van der Waals surface area contributed by atoms with Crippen molar-refractivity contribution >= 4 is 59.0 Å². The molecule has 8 heteroatoms. The predicted molar refractivity (Wildman–Crippen MR) is 153 cm³/mol. The van der Waals surface area contributed by atoms with E-state index < -0.39 is 10.8 Å². The van der Waals surface area contributed by atoms with E-state index in [1.165, 1.54) is 23.0 Å². The second kappa shape index (κ2) is 10.5. The predicted octanol–water partition coefficient (Wildman–Crippen LogP) is 7.39. The minimum Gasteiger partial charge on any atom is -0.462 e. The van der Waals surface area contributed by atoms with Crippen molar-refractivity contribution in [3.05, 3.63) is 0 Å². The molecular formula is C27H44O4S4. The van der Waals surface area contributed by atoms with E-state index in [0.717, 1.165) is 51.4 Å². The van der Waals surface area contributed by atoms with E-state index >= 15 is 0 Å². The van der Waals surface area contributed by atoms with Gasteiger partial charge in [-0.2, -0.15) is 0 Å². The Hall–Kier alpha value is 0.340. The highest BCUT2D eigenvalue weighted by molar-refractivity contribution is 8.20. The highest BCUT2D eigenvalue weighted by atomic mass is 32.2. The first-order valence-electron chi connectivity index (χ1n) is 13.2. The maximum atomic E-state index is 12.3. The van der Waals surface area contributed by atoms with Crippen LogP contribution in [0.4, 0.5) is 0 Å². The lowest BCUT2D eigenvalue weighted by Gasteiger charge is -2.53. The Morgan fingerprint density at radius 3 is 1.14 bits per heavy atom. The lowest BCUT2D eigenvalue weighted by molar-refractivity contribution is -0.160. The van der Waals surface area contributed by atoms with E-state index in [9.17, 15) is 9.59 Å². The zero-order chi connectivity index (χ0) is 25.5. The molecule has 0 aromatic carbocycles. The van der Waals surface area contributed by atoms with Crippen LogP contribution in [-0.4, -0.2) is 55.3 Å². The van der Waals surface area contributed by atoms with Crippen LogP contribution in [0, 0.1) is 16.2 Å². The molecule has 2 aliphatic heterocycles. The maximum absolute atomic E-state index is 12.3. The summed E-state index contributed by atoms with van der Waals surface area (Å²) in [6.45, 7) is 11.6. The summed E-state index contributed by atoms with van der Waals surface area (Å²) < 4.78 is 12.3. The third-order valence-corrected chi connectivity index (χ3v) is 15.9. The summed E-state index contributed by atoms with van der Waals surface area (Å²) in [6, 6.07) is 0. The van der Waals surface area contributed by atoms with Crippen molar-refractivity contribution in [3.63, 3.8) is 0 Å². The zero-order valence-electron chi connectivity index (χ0n) is 22.4. The average Bonchev–Trinajstić information content (AvgIpc) is 2.80. The van der Waals surface area contributed by atoms with Crippen LogP contribution in [0.25, 0.3) is 0 Å².